The highest BCUT2D eigenvalue weighted by molar-refractivity contribution is 5.96. The summed E-state index contributed by atoms with van der Waals surface area (Å²) in [5.74, 6) is 5.69. The molecule has 1 heterocycles. The first-order chi connectivity index (χ1) is 10.2. The van der Waals surface area contributed by atoms with Crippen LogP contribution in [-0.2, 0) is 6.54 Å². The molecule has 0 unspecified atom stereocenters. The number of nitrogens with zero attached hydrogens (tertiary/aromatic N) is 1. The van der Waals surface area contributed by atoms with Crippen LogP contribution < -0.4 is 0 Å². The van der Waals surface area contributed by atoms with E-state index in [1.165, 1.54) is 0 Å². The van der Waals surface area contributed by atoms with Crippen molar-refractivity contribution in [1.82, 2.24) is 4.90 Å². The van der Waals surface area contributed by atoms with Crippen LogP contribution >= 0.6 is 0 Å². The SMILES string of the molecule is CN(Cc1ccoc1)C(=O)c1ccccc1C#CCCO. The van der Waals surface area contributed by atoms with Gasteiger partial charge in [-0.15, -0.1) is 0 Å². The predicted molar refractivity (Wildman–Crippen MR) is 79.5 cm³/mol. The van der Waals surface area contributed by atoms with Gasteiger partial charge in [-0.3, -0.25) is 4.79 Å². The summed E-state index contributed by atoms with van der Waals surface area (Å²) in [5.41, 5.74) is 2.18. The van der Waals surface area contributed by atoms with Crippen molar-refractivity contribution in [2.75, 3.05) is 13.7 Å². The first-order valence-electron chi connectivity index (χ1n) is 6.67. The van der Waals surface area contributed by atoms with Crippen LogP contribution in [0.25, 0.3) is 0 Å². The van der Waals surface area contributed by atoms with Crippen LogP contribution in [0.15, 0.2) is 47.3 Å². The Morgan fingerprint density at radius 3 is 2.86 bits per heavy atom. The van der Waals surface area contributed by atoms with Gasteiger partial charge < -0.3 is 14.4 Å². The maximum Gasteiger partial charge on any atom is 0.255 e. The molecular weight excluding hydrogens is 266 g/mol. The van der Waals surface area contributed by atoms with E-state index in [0.29, 0.717) is 24.1 Å². The van der Waals surface area contributed by atoms with Crippen LogP contribution in [0.5, 0.6) is 0 Å². The predicted octanol–water partition coefficient (Wildman–Crippen LogP) is 2.29. The molecular formula is C17H17NO3. The van der Waals surface area contributed by atoms with Crippen LogP contribution in [-0.4, -0.2) is 29.6 Å². The molecule has 2 rings (SSSR count). The lowest BCUT2D eigenvalue weighted by atomic mass is 10.1. The highest BCUT2D eigenvalue weighted by atomic mass is 16.3. The Kier molecular flexibility index (Phi) is 5.19. The normalized spacial score (nSPS) is 9.81. The molecule has 0 radical (unpaired) electrons. The molecule has 0 spiro atoms. The maximum absolute atomic E-state index is 12.5. The van der Waals surface area contributed by atoms with E-state index >= 15 is 0 Å². The lowest BCUT2D eigenvalue weighted by molar-refractivity contribution is 0.0784. The number of aliphatic hydroxyl groups is 1. The minimum absolute atomic E-state index is 0.0174. The molecule has 0 aliphatic heterocycles. The quantitative estimate of drug-likeness (QED) is 0.876. The number of carbonyl (C=O) groups excluding carboxylic acids is 1. The fraction of sp³-hybridized carbons (Fsp3) is 0.235. The van der Waals surface area contributed by atoms with Gasteiger partial charge in [0.15, 0.2) is 0 Å². The number of hydrogen-bond donors (Lipinski definition) is 1. The van der Waals surface area contributed by atoms with Gasteiger partial charge >= 0.3 is 0 Å². The number of hydrogen-bond acceptors (Lipinski definition) is 3. The van der Waals surface area contributed by atoms with E-state index in [1.54, 1.807) is 30.5 Å². The Morgan fingerprint density at radius 2 is 2.14 bits per heavy atom. The van der Waals surface area contributed by atoms with Crippen molar-refractivity contribution in [3.63, 3.8) is 0 Å². The highest BCUT2D eigenvalue weighted by Gasteiger charge is 2.15. The van der Waals surface area contributed by atoms with Gasteiger partial charge in [0.05, 0.1) is 24.7 Å². The summed E-state index contributed by atoms with van der Waals surface area (Å²) in [4.78, 5) is 14.1. The second-order valence-electron chi connectivity index (χ2n) is 4.61. The van der Waals surface area contributed by atoms with Crippen molar-refractivity contribution in [1.29, 1.82) is 0 Å². The van der Waals surface area contributed by atoms with Crippen LogP contribution in [0.3, 0.4) is 0 Å². The van der Waals surface area contributed by atoms with Crippen LogP contribution in [0.4, 0.5) is 0 Å². The third-order valence-corrected chi connectivity index (χ3v) is 2.96. The van der Waals surface area contributed by atoms with Crippen molar-refractivity contribution in [3.05, 3.63) is 59.5 Å². The Balaban J connectivity index is 2.17. The zero-order valence-corrected chi connectivity index (χ0v) is 11.9. The lowest BCUT2D eigenvalue weighted by Gasteiger charge is -2.17. The van der Waals surface area contributed by atoms with Crippen molar-refractivity contribution >= 4 is 5.91 Å². The molecule has 0 saturated carbocycles. The number of furan rings is 1. The van der Waals surface area contributed by atoms with Gasteiger partial charge in [-0.25, -0.2) is 0 Å². The largest absolute Gasteiger partial charge is 0.472 e. The monoisotopic (exact) mass is 283 g/mol. The van der Waals surface area contributed by atoms with Gasteiger partial charge in [-0.2, -0.15) is 0 Å². The van der Waals surface area contributed by atoms with Gasteiger partial charge in [0, 0.05) is 31.1 Å². The minimum atomic E-state index is -0.0925. The van der Waals surface area contributed by atoms with Crippen LogP contribution in [0.1, 0.15) is 27.9 Å². The van der Waals surface area contributed by atoms with Crippen molar-refractivity contribution in [3.8, 4) is 11.8 Å². The van der Waals surface area contributed by atoms with Gasteiger partial charge in [-0.1, -0.05) is 24.0 Å². The van der Waals surface area contributed by atoms with Gasteiger partial charge in [0.2, 0.25) is 0 Å². The summed E-state index contributed by atoms with van der Waals surface area (Å²) < 4.78 is 5.01. The molecule has 1 aromatic carbocycles. The highest BCUT2D eigenvalue weighted by Crippen LogP contribution is 2.12. The second kappa shape index (κ2) is 7.32. The molecule has 4 nitrogen and oxygen atoms in total. The number of aliphatic hydroxyl groups excluding tert-OH is 1. The van der Waals surface area contributed by atoms with E-state index in [0.717, 1.165) is 5.56 Å². The first-order valence-corrected chi connectivity index (χ1v) is 6.67. The molecule has 21 heavy (non-hydrogen) atoms. The molecule has 0 bridgehead atoms. The van der Waals surface area contributed by atoms with Crippen LogP contribution in [0, 0.1) is 11.8 Å². The van der Waals surface area contributed by atoms with E-state index in [-0.39, 0.29) is 12.5 Å². The molecule has 0 atom stereocenters. The number of benzene rings is 1. The summed E-state index contributed by atoms with van der Waals surface area (Å²) in [6.45, 7) is 0.497. The smallest absolute Gasteiger partial charge is 0.255 e. The summed E-state index contributed by atoms with van der Waals surface area (Å²) in [7, 11) is 1.74. The van der Waals surface area contributed by atoms with Crippen molar-refractivity contribution < 1.29 is 14.3 Å². The van der Waals surface area contributed by atoms with Gasteiger partial charge in [0.25, 0.3) is 5.91 Å². The average Bonchev–Trinajstić information content (AvgIpc) is 3.00. The Labute approximate surface area is 124 Å². The second-order valence-corrected chi connectivity index (χ2v) is 4.61. The fourth-order valence-electron chi connectivity index (χ4n) is 1.93. The molecule has 0 aliphatic carbocycles. The van der Waals surface area contributed by atoms with Gasteiger partial charge in [0.1, 0.15) is 0 Å². The molecule has 108 valence electrons. The summed E-state index contributed by atoms with van der Waals surface area (Å²) in [6, 6.07) is 9.06. The topological polar surface area (TPSA) is 53.7 Å². The molecule has 2 aromatic rings. The Hall–Kier alpha value is -2.51. The number of carbonyl (C=O) groups is 1. The maximum atomic E-state index is 12.5. The molecule has 1 aromatic heterocycles. The van der Waals surface area contributed by atoms with Crippen molar-refractivity contribution in [2.45, 2.75) is 13.0 Å². The molecule has 0 aliphatic rings. The third kappa shape index (κ3) is 3.98. The molecule has 0 saturated heterocycles. The van der Waals surface area contributed by atoms with E-state index in [1.807, 2.05) is 24.3 Å². The first kappa shape index (κ1) is 14.9. The zero-order valence-electron chi connectivity index (χ0n) is 11.9. The lowest BCUT2D eigenvalue weighted by Crippen LogP contribution is -2.26. The number of amides is 1. The summed E-state index contributed by atoms with van der Waals surface area (Å²) in [5, 5.41) is 8.77. The van der Waals surface area contributed by atoms with Crippen LogP contribution in [0.2, 0.25) is 0 Å². The number of rotatable bonds is 4. The zero-order chi connectivity index (χ0) is 15.1. The third-order valence-electron chi connectivity index (χ3n) is 2.96. The Bertz CT molecular complexity index is 650. The summed E-state index contributed by atoms with van der Waals surface area (Å²) >= 11 is 0. The molecule has 4 heteroatoms. The Morgan fingerprint density at radius 1 is 1.33 bits per heavy atom. The molecule has 1 amide bonds. The minimum Gasteiger partial charge on any atom is -0.472 e. The fourth-order valence-corrected chi connectivity index (χ4v) is 1.93. The van der Waals surface area contributed by atoms with E-state index < -0.39 is 0 Å². The molecule has 1 N–H and O–H groups in total. The standard InChI is InChI=1S/C17H17NO3/c1-18(12-14-9-11-21-13-14)17(20)16-8-3-2-6-15(16)7-4-5-10-19/h2-3,6,8-9,11,13,19H,5,10,12H2,1H3. The molecule has 0 fully saturated rings. The van der Waals surface area contributed by atoms with Crippen molar-refractivity contribution in [2.24, 2.45) is 0 Å². The van der Waals surface area contributed by atoms with E-state index in [4.69, 9.17) is 9.52 Å². The van der Waals surface area contributed by atoms with Gasteiger partial charge in [-0.05, 0) is 18.2 Å². The van der Waals surface area contributed by atoms with E-state index in [2.05, 4.69) is 11.8 Å². The van der Waals surface area contributed by atoms with E-state index in [9.17, 15) is 4.79 Å². The summed E-state index contributed by atoms with van der Waals surface area (Å²) in [6.07, 6.45) is 3.60. The average molecular weight is 283 g/mol.